The fourth-order valence-corrected chi connectivity index (χ4v) is 5.20. The van der Waals surface area contributed by atoms with Gasteiger partial charge in [-0.2, -0.15) is 0 Å². The van der Waals surface area contributed by atoms with Crippen LogP contribution in [-0.2, 0) is 0 Å². The fourth-order valence-electron chi connectivity index (χ4n) is 5.20. The second-order valence-corrected chi connectivity index (χ2v) is 13.4. The van der Waals surface area contributed by atoms with E-state index in [1.807, 2.05) is 0 Å². The number of benzene rings is 4. The third-order valence-electron chi connectivity index (χ3n) is 9.11. The Labute approximate surface area is 296 Å². The van der Waals surface area contributed by atoms with Crippen LogP contribution < -0.4 is 11.1 Å². The van der Waals surface area contributed by atoms with Crippen molar-refractivity contribution in [2.24, 2.45) is 16.6 Å². The van der Waals surface area contributed by atoms with Crippen LogP contribution >= 0.6 is 0 Å². The number of carboxylic acids is 1. The van der Waals surface area contributed by atoms with E-state index in [-0.39, 0.29) is 28.0 Å². The van der Waals surface area contributed by atoms with Gasteiger partial charge in [0.05, 0.1) is 16.7 Å². The molecule has 0 aliphatic heterocycles. The van der Waals surface area contributed by atoms with Crippen molar-refractivity contribution >= 4 is 11.9 Å². The molecule has 51 heavy (non-hydrogen) atoms. The number of carboxylic acid groups (broad SMARTS) is 1. The topological polar surface area (TPSA) is 92.4 Å². The molecule has 0 saturated heterocycles. The van der Waals surface area contributed by atoms with Crippen molar-refractivity contribution in [1.82, 2.24) is 5.32 Å². The predicted octanol–water partition coefficient (Wildman–Crippen LogP) is 8.48. The first-order chi connectivity index (χ1) is 24.3. The maximum Gasteiger partial charge on any atom is 0.335 e. The molecule has 0 spiro atoms. The van der Waals surface area contributed by atoms with Gasteiger partial charge in [0, 0.05) is 35.4 Å². The SMILES string of the molecule is CC1(CN)CCC1.CC1(CNC(=O)c2ccc(C#Cc3ccc(F)cc3F)cc2)CCC1.O=C(O)c1ccc(C#Cc2ccc(F)cc2F)cc1. The summed E-state index contributed by atoms with van der Waals surface area (Å²) in [5.41, 5.74) is 8.40. The van der Waals surface area contributed by atoms with Gasteiger partial charge in [0.1, 0.15) is 23.3 Å². The summed E-state index contributed by atoms with van der Waals surface area (Å²) in [7, 11) is 0. The van der Waals surface area contributed by atoms with Gasteiger partial charge in [-0.1, -0.05) is 50.4 Å². The van der Waals surface area contributed by atoms with Crippen molar-refractivity contribution < 1.29 is 32.3 Å². The van der Waals surface area contributed by atoms with E-state index in [9.17, 15) is 27.2 Å². The minimum Gasteiger partial charge on any atom is -0.478 e. The molecule has 0 atom stereocenters. The van der Waals surface area contributed by atoms with Gasteiger partial charge in [0.2, 0.25) is 0 Å². The molecular weight excluding hydrogens is 656 g/mol. The van der Waals surface area contributed by atoms with E-state index in [1.54, 1.807) is 24.3 Å². The maximum absolute atomic E-state index is 13.5. The normalized spacial score (nSPS) is 14.5. The Morgan fingerprint density at radius 1 is 0.667 bits per heavy atom. The Balaban J connectivity index is 0.000000197. The van der Waals surface area contributed by atoms with Crippen LogP contribution in [0.2, 0.25) is 0 Å². The fraction of sp³-hybridized carbons (Fsp3) is 0.286. The smallest absolute Gasteiger partial charge is 0.335 e. The Morgan fingerprint density at radius 3 is 1.43 bits per heavy atom. The van der Waals surface area contributed by atoms with Crippen molar-refractivity contribution in [2.45, 2.75) is 52.4 Å². The van der Waals surface area contributed by atoms with E-state index in [1.165, 1.54) is 68.1 Å². The van der Waals surface area contributed by atoms with E-state index >= 15 is 0 Å². The molecule has 0 heterocycles. The van der Waals surface area contributed by atoms with Crippen molar-refractivity contribution in [2.75, 3.05) is 13.1 Å². The highest BCUT2D eigenvalue weighted by Gasteiger charge is 2.32. The number of hydrogen-bond acceptors (Lipinski definition) is 3. The average Bonchev–Trinajstić information content (AvgIpc) is 3.09. The van der Waals surface area contributed by atoms with Crippen LogP contribution in [0.3, 0.4) is 0 Å². The summed E-state index contributed by atoms with van der Waals surface area (Å²) in [6, 6.07) is 19.1. The molecule has 4 aromatic carbocycles. The van der Waals surface area contributed by atoms with E-state index in [0.29, 0.717) is 28.7 Å². The first-order valence-corrected chi connectivity index (χ1v) is 16.6. The molecule has 4 aromatic rings. The van der Waals surface area contributed by atoms with Gasteiger partial charge in [-0.15, -0.1) is 0 Å². The van der Waals surface area contributed by atoms with Gasteiger partial charge in [-0.05, 0) is 116 Å². The molecule has 0 aromatic heterocycles. The van der Waals surface area contributed by atoms with Crippen LogP contribution in [0, 0.1) is 57.8 Å². The maximum atomic E-state index is 13.5. The van der Waals surface area contributed by atoms with Gasteiger partial charge in [0.25, 0.3) is 5.91 Å². The van der Waals surface area contributed by atoms with Crippen LogP contribution in [0.1, 0.15) is 95.3 Å². The molecule has 264 valence electrons. The zero-order valence-corrected chi connectivity index (χ0v) is 28.6. The Kier molecular flexibility index (Phi) is 13.2. The van der Waals surface area contributed by atoms with Gasteiger partial charge >= 0.3 is 5.97 Å². The number of hydrogen-bond donors (Lipinski definition) is 3. The second kappa shape index (κ2) is 17.5. The van der Waals surface area contributed by atoms with E-state index < -0.39 is 29.2 Å². The largest absolute Gasteiger partial charge is 0.478 e. The van der Waals surface area contributed by atoms with Crippen LogP contribution in [0.4, 0.5) is 17.6 Å². The van der Waals surface area contributed by atoms with Crippen molar-refractivity contribution in [3.8, 4) is 23.7 Å². The zero-order chi connectivity index (χ0) is 37.0. The third-order valence-corrected chi connectivity index (χ3v) is 9.11. The highest BCUT2D eigenvalue weighted by atomic mass is 19.1. The van der Waals surface area contributed by atoms with Gasteiger partial charge < -0.3 is 16.2 Å². The second-order valence-electron chi connectivity index (χ2n) is 13.4. The summed E-state index contributed by atoms with van der Waals surface area (Å²) >= 11 is 0. The van der Waals surface area contributed by atoms with Crippen molar-refractivity contribution in [3.63, 3.8) is 0 Å². The predicted molar refractivity (Wildman–Crippen MR) is 190 cm³/mol. The summed E-state index contributed by atoms with van der Waals surface area (Å²) in [4.78, 5) is 22.8. The molecule has 2 aliphatic rings. The molecule has 4 N–H and O–H groups in total. The Hall–Kier alpha value is -5.38. The summed E-state index contributed by atoms with van der Waals surface area (Å²) in [6.45, 7) is 6.02. The zero-order valence-electron chi connectivity index (χ0n) is 28.6. The van der Waals surface area contributed by atoms with Gasteiger partial charge in [-0.25, -0.2) is 22.4 Å². The number of rotatable bonds is 5. The molecule has 0 unspecified atom stereocenters. The van der Waals surface area contributed by atoms with Crippen LogP contribution in [0.15, 0.2) is 84.9 Å². The highest BCUT2D eigenvalue weighted by molar-refractivity contribution is 5.94. The lowest BCUT2D eigenvalue weighted by atomic mass is 9.70. The van der Waals surface area contributed by atoms with E-state index in [4.69, 9.17) is 10.8 Å². The number of carbonyl (C=O) groups excluding carboxylic acids is 1. The summed E-state index contributed by atoms with van der Waals surface area (Å²) < 4.78 is 52.4. The molecule has 2 aliphatic carbocycles. The lowest BCUT2D eigenvalue weighted by molar-refractivity contribution is 0.0696. The molecule has 0 bridgehead atoms. The summed E-state index contributed by atoms with van der Waals surface area (Å²) in [5.74, 6) is 6.91. The first-order valence-electron chi connectivity index (χ1n) is 16.6. The minimum absolute atomic E-state index is 0.0868. The summed E-state index contributed by atoms with van der Waals surface area (Å²) in [6.07, 6.45) is 7.64. The van der Waals surface area contributed by atoms with Gasteiger partial charge in [-0.3, -0.25) is 4.79 Å². The number of carbonyl (C=O) groups is 2. The molecule has 1 amide bonds. The van der Waals surface area contributed by atoms with Crippen LogP contribution in [0.25, 0.3) is 0 Å². The number of aromatic carboxylic acids is 1. The Morgan fingerprint density at radius 2 is 1.10 bits per heavy atom. The van der Waals surface area contributed by atoms with Crippen molar-refractivity contribution in [3.05, 3.63) is 142 Å². The minimum atomic E-state index is -1.02. The lowest BCUT2D eigenvalue weighted by Gasteiger charge is -2.38. The monoisotopic (exact) mass is 696 g/mol. The number of nitrogens with two attached hydrogens (primary N) is 1. The van der Waals surface area contributed by atoms with E-state index in [2.05, 4.69) is 42.8 Å². The average molecular weight is 697 g/mol. The third kappa shape index (κ3) is 11.6. The van der Waals surface area contributed by atoms with E-state index in [0.717, 1.165) is 37.6 Å². The molecule has 2 fully saturated rings. The molecule has 5 nitrogen and oxygen atoms in total. The molecule has 0 radical (unpaired) electrons. The molecule has 6 rings (SSSR count). The van der Waals surface area contributed by atoms with Crippen LogP contribution in [-0.4, -0.2) is 30.1 Å². The highest BCUT2D eigenvalue weighted by Crippen LogP contribution is 2.39. The number of halogens is 4. The van der Waals surface area contributed by atoms with Gasteiger partial charge in [0.15, 0.2) is 0 Å². The first kappa shape index (κ1) is 38.4. The Bertz CT molecular complexity index is 1960. The number of amides is 1. The van der Waals surface area contributed by atoms with Crippen LogP contribution in [0.5, 0.6) is 0 Å². The lowest BCUT2D eigenvalue weighted by Crippen LogP contribution is -2.39. The molecular formula is C42H40F4N2O3. The standard InChI is InChI=1S/C21H19F2NO.C15H8F2O2.C6H13N/c1-21(11-2-12-21)14-24-20(25)17-7-4-15(5-8-17)3-6-16-9-10-18(22)13-19(16)23;16-13-8-7-11(14(17)9-13)4-1-10-2-5-12(6-3-10)15(18)19;1-6(5-7)3-2-4-6/h4-5,7-10,13H,2,11-12,14H2,1H3,(H,24,25);2-3,5-9H,(H,18,19);2-5,7H2,1H3. The number of nitrogens with one attached hydrogen (secondary N) is 1. The molecule has 9 heteroatoms. The summed E-state index contributed by atoms with van der Waals surface area (Å²) in [5, 5.41) is 11.7. The quantitative estimate of drug-likeness (QED) is 0.144. The van der Waals surface area contributed by atoms with Crippen molar-refractivity contribution in [1.29, 1.82) is 0 Å². The molecule has 2 saturated carbocycles.